The molecular weight excluding hydrogens is 901 g/mol. The first-order valence-electron chi connectivity index (χ1n) is 25.8. The minimum atomic E-state index is 0.0560. The van der Waals surface area contributed by atoms with Crippen LogP contribution in [0, 0.1) is 0 Å². The van der Waals surface area contributed by atoms with Crippen molar-refractivity contribution >= 4 is 44.5 Å². The molecule has 6 heteroatoms. The van der Waals surface area contributed by atoms with Gasteiger partial charge in [-0.25, -0.2) is 19.9 Å². The highest BCUT2D eigenvalue weighted by Gasteiger charge is 2.39. The molecule has 14 rings (SSSR count). The van der Waals surface area contributed by atoms with Gasteiger partial charge in [0.05, 0.1) is 28.5 Å². The molecule has 74 heavy (non-hydrogen) atoms. The zero-order valence-corrected chi connectivity index (χ0v) is 40.8. The molecule has 6 nitrogen and oxygen atoms in total. The summed E-state index contributed by atoms with van der Waals surface area (Å²) in [6, 6.07) is 65.6. The molecule has 3 aromatic heterocycles. The van der Waals surface area contributed by atoms with Gasteiger partial charge in [0.2, 0.25) is 0 Å². The third-order valence-corrected chi connectivity index (χ3v) is 15.0. The quantitative estimate of drug-likeness (QED) is 0.144. The van der Waals surface area contributed by atoms with Crippen LogP contribution < -0.4 is 4.90 Å². The SMILES string of the molecule is C1=CCCC(c2nc(-c3cccc(-c4ccccc4)c3)cc(N3c4ccc(-c5ccc6c(c5)c5ccccc5n6-c5cc(-c6cccc(-c7ccccc7)c6)nc(C6=CCCC=C6)n5)cc4C4C=CC=CC43)n2)=C1. The third kappa shape index (κ3) is 7.83. The number of benzene rings is 7. The van der Waals surface area contributed by atoms with Crippen LogP contribution in [-0.2, 0) is 0 Å². The first kappa shape index (κ1) is 43.5. The zero-order chi connectivity index (χ0) is 49.0. The van der Waals surface area contributed by atoms with Crippen molar-refractivity contribution in [3.8, 4) is 61.7 Å². The zero-order valence-electron chi connectivity index (χ0n) is 40.8. The average Bonchev–Trinajstić information content (AvgIpc) is 4.02. The molecule has 1 aliphatic heterocycles. The molecule has 7 aromatic carbocycles. The molecule has 3 aliphatic carbocycles. The molecular formula is C68H50N6. The Labute approximate surface area is 431 Å². The van der Waals surface area contributed by atoms with Gasteiger partial charge in [-0.1, -0.05) is 188 Å². The molecule has 0 saturated carbocycles. The van der Waals surface area contributed by atoms with E-state index in [9.17, 15) is 0 Å². The Morgan fingerprint density at radius 3 is 1.81 bits per heavy atom. The molecule has 0 bridgehead atoms. The highest BCUT2D eigenvalue weighted by molar-refractivity contribution is 6.10. The summed E-state index contributed by atoms with van der Waals surface area (Å²) in [5.41, 5.74) is 17.8. The van der Waals surface area contributed by atoms with Crippen LogP contribution in [-0.4, -0.2) is 30.5 Å². The van der Waals surface area contributed by atoms with Crippen LogP contribution in [0.4, 0.5) is 11.5 Å². The maximum atomic E-state index is 5.41. The molecule has 2 unspecified atom stereocenters. The fraction of sp³-hybridized carbons (Fsp3) is 0.0882. The lowest BCUT2D eigenvalue weighted by atomic mass is 9.89. The van der Waals surface area contributed by atoms with Gasteiger partial charge in [-0.3, -0.25) is 4.57 Å². The fourth-order valence-corrected chi connectivity index (χ4v) is 11.4. The van der Waals surface area contributed by atoms with E-state index in [4.69, 9.17) is 19.9 Å². The van der Waals surface area contributed by atoms with E-state index in [0.29, 0.717) is 0 Å². The van der Waals surface area contributed by atoms with Crippen molar-refractivity contribution in [1.82, 2.24) is 24.5 Å². The summed E-state index contributed by atoms with van der Waals surface area (Å²) in [7, 11) is 0. The fourth-order valence-electron chi connectivity index (χ4n) is 11.4. The van der Waals surface area contributed by atoms with E-state index >= 15 is 0 Å². The van der Waals surface area contributed by atoms with Gasteiger partial charge in [-0.15, -0.1) is 0 Å². The smallest absolute Gasteiger partial charge is 0.161 e. The number of aromatic nitrogens is 5. The number of fused-ring (bicyclic) bond motifs is 6. The minimum absolute atomic E-state index is 0.0560. The number of nitrogens with zero attached hydrogens (tertiary/aromatic N) is 6. The van der Waals surface area contributed by atoms with Gasteiger partial charge in [0.15, 0.2) is 11.6 Å². The van der Waals surface area contributed by atoms with Crippen molar-refractivity contribution in [2.75, 3.05) is 4.90 Å². The number of para-hydroxylation sites is 1. The van der Waals surface area contributed by atoms with Gasteiger partial charge < -0.3 is 4.90 Å². The Kier molecular flexibility index (Phi) is 10.8. The summed E-state index contributed by atoms with van der Waals surface area (Å²) in [5.74, 6) is 3.39. The van der Waals surface area contributed by atoms with E-state index in [-0.39, 0.29) is 12.0 Å². The standard InChI is InChI=1S/C68H50N6/c1-5-19-45(20-6-1)49-27-17-29-53(39-49)59-43-65(71-67(69-59)47-23-9-3-10-24-47)73-61-33-15-13-31-55(61)57-41-51(35-37-63(57)73)52-36-38-64-58(42-52)56-32-14-16-34-62(56)74(64)66-44-60(70-68(72-66)48-25-11-4-12-26-48)54-30-18-28-50(40-54)46-21-7-2-8-22-46/h1-3,5-9,11,13-23,25-44,55,61H,4,10,12,24H2. The van der Waals surface area contributed by atoms with Crippen LogP contribution in [0.15, 0.2) is 243 Å². The number of hydrogen-bond acceptors (Lipinski definition) is 5. The molecule has 0 saturated heterocycles. The van der Waals surface area contributed by atoms with E-state index in [1.165, 1.54) is 33.0 Å². The van der Waals surface area contributed by atoms with Crippen molar-refractivity contribution < 1.29 is 0 Å². The van der Waals surface area contributed by atoms with Crippen molar-refractivity contribution in [1.29, 1.82) is 0 Å². The first-order valence-corrected chi connectivity index (χ1v) is 25.8. The topological polar surface area (TPSA) is 59.7 Å². The summed E-state index contributed by atoms with van der Waals surface area (Å²) in [6.07, 6.45) is 26.1. The van der Waals surface area contributed by atoms with Crippen LogP contribution >= 0.6 is 0 Å². The van der Waals surface area contributed by atoms with Gasteiger partial charge in [0, 0.05) is 51.2 Å². The minimum Gasteiger partial charge on any atom is -0.318 e. The van der Waals surface area contributed by atoms with Crippen molar-refractivity contribution in [2.24, 2.45) is 0 Å². The summed E-state index contributed by atoms with van der Waals surface area (Å²) in [4.78, 5) is 23.8. The first-order chi connectivity index (χ1) is 36.7. The van der Waals surface area contributed by atoms with Gasteiger partial charge in [-0.05, 0) is 113 Å². The number of anilines is 2. The molecule has 0 fully saturated rings. The Morgan fingerprint density at radius 2 is 1.07 bits per heavy atom. The average molecular weight is 951 g/mol. The lowest BCUT2D eigenvalue weighted by Gasteiger charge is -2.28. The second-order valence-electron chi connectivity index (χ2n) is 19.6. The molecule has 0 radical (unpaired) electrons. The molecule has 2 atom stereocenters. The Hall–Kier alpha value is -9.26. The highest BCUT2D eigenvalue weighted by atomic mass is 15.3. The molecule has 0 spiro atoms. The van der Waals surface area contributed by atoms with Crippen LogP contribution in [0.5, 0.6) is 0 Å². The second kappa shape index (κ2) is 18.4. The Balaban J connectivity index is 0.874. The second-order valence-corrected chi connectivity index (χ2v) is 19.6. The molecule has 10 aromatic rings. The summed E-state index contributed by atoms with van der Waals surface area (Å²) in [5, 5.41) is 2.35. The predicted molar refractivity (Wildman–Crippen MR) is 305 cm³/mol. The third-order valence-electron chi connectivity index (χ3n) is 15.0. The molecule has 0 amide bonds. The maximum Gasteiger partial charge on any atom is 0.161 e. The lowest BCUT2D eigenvalue weighted by molar-refractivity contribution is 0.736. The van der Waals surface area contributed by atoms with Gasteiger partial charge in [-0.2, -0.15) is 0 Å². The molecule has 0 N–H and O–H groups in total. The van der Waals surface area contributed by atoms with E-state index in [1.54, 1.807) is 0 Å². The van der Waals surface area contributed by atoms with E-state index in [0.717, 1.165) is 116 Å². The Bertz CT molecular complexity index is 4040. The summed E-state index contributed by atoms with van der Waals surface area (Å²) < 4.78 is 2.32. The Morgan fingerprint density at radius 1 is 0.432 bits per heavy atom. The van der Waals surface area contributed by atoms with Crippen LogP contribution in [0.25, 0.3) is 94.7 Å². The number of allylic oxidation sites excluding steroid dienone is 10. The summed E-state index contributed by atoms with van der Waals surface area (Å²) in [6.45, 7) is 0. The van der Waals surface area contributed by atoms with Crippen molar-refractivity contribution in [2.45, 2.75) is 37.6 Å². The molecule has 4 aliphatic rings. The largest absolute Gasteiger partial charge is 0.318 e. The van der Waals surface area contributed by atoms with Crippen LogP contribution in [0.2, 0.25) is 0 Å². The van der Waals surface area contributed by atoms with E-state index < -0.39 is 0 Å². The predicted octanol–water partition coefficient (Wildman–Crippen LogP) is 16.9. The van der Waals surface area contributed by atoms with Gasteiger partial charge in [0.25, 0.3) is 0 Å². The normalized spacial score (nSPS) is 16.6. The van der Waals surface area contributed by atoms with Crippen molar-refractivity contribution in [3.05, 3.63) is 260 Å². The van der Waals surface area contributed by atoms with E-state index in [1.807, 2.05) is 0 Å². The highest BCUT2D eigenvalue weighted by Crippen LogP contribution is 2.49. The van der Waals surface area contributed by atoms with Crippen LogP contribution in [0.1, 0.15) is 48.8 Å². The van der Waals surface area contributed by atoms with Crippen molar-refractivity contribution in [3.63, 3.8) is 0 Å². The summed E-state index contributed by atoms with van der Waals surface area (Å²) >= 11 is 0. The number of rotatable bonds is 9. The van der Waals surface area contributed by atoms with Gasteiger partial charge >= 0.3 is 0 Å². The van der Waals surface area contributed by atoms with Gasteiger partial charge in [0.1, 0.15) is 11.6 Å². The maximum absolute atomic E-state index is 5.41. The molecule has 352 valence electrons. The monoisotopic (exact) mass is 950 g/mol. The number of hydrogen-bond donors (Lipinski definition) is 0. The molecule has 4 heterocycles. The lowest BCUT2D eigenvalue weighted by Crippen LogP contribution is -2.29. The van der Waals surface area contributed by atoms with E-state index in [2.05, 4.69) is 252 Å². The van der Waals surface area contributed by atoms with Crippen LogP contribution in [0.3, 0.4) is 0 Å².